The number of hydrogen-bond acceptors (Lipinski definition) is 1. The van der Waals surface area contributed by atoms with Gasteiger partial charge in [-0.3, -0.25) is 10.9 Å². The highest BCUT2D eigenvalue weighted by molar-refractivity contribution is 8.16. The SMILES string of the molecule is CCC=CC(C=CCC)(C[SH](C)C)SC. The molecule has 0 aromatic heterocycles. The summed E-state index contributed by atoms with van der Waals surface area (Å²) in [4.78, 5) is 0. The monoisotopic (exact) mass is 246 g/mol. The third-order valence-electron chi connectivity index (χ3n) is 2.21. The molecule has 0 aromatic rings. The maximum Gasteiger partial charge on any atom is 0.0589 e. The van der Waals surface area contributed by atoms with Gasteiger partial charge in [-0.15, -0.1) is 11.8 Å². The van der Waals surface area contributed by atoms with E-state index in [1.165, 1.54) is 5.75 Å². The molecule has 0 heterocycles. The minimum Gasteiger partial charge on any atom is -0.257 e. The third-order valence-corrected chi connectivity index (χ3v) is 4.76. The molecule has 0 atom stereocenters. The molecule has 0 aliphatic rings. The summed E-state index contributed by atoms with van der Waals surface area (Å²) in [5.74, 6) is 1.29. The van der Waals surface area contributed by atoms with E-state index in [0.717, 1.165) is 12.8 Å². The van der Waals surface area contributed by atoms with Crippen molar-refractivity contribution in [3.05, 3.63) is 24.3 Å². The van der Waals surface area contributed by atoms with Gasteiger partial charge < -0.3 is 0 Å². The normalized spacial score (nSPS) is 17.3. The molecule has 90 valence electrons. The van der Waals surface area contributed by atoms with E-state index in [0.29, 0.717) is 0 Å². The largest absolute Gasteiger partial charge is 0.257 e. The highest BCUT2D eigenvalue weighted by atomic mass is 32.2. The molecule has 0 saturated heterocycles. The van der Waals surface area contributed by atoms with E-state index < -0.39 is 0 Å². The Morgan fingerprint density at radius 3 is 1.80 bits per heavy atom. The molecule has 0 aromatic carbocycles. The Balaban J connectivity index is 4.74. The smallest absolute Gasteiger partial charge is 0.0589 e. The van der Waals surface area contributed by atoms with Gasteiger partial charge >= 0.3 is 0 Å². The Labute approximate surface area is 103 Å². The molecule has 0 saturated carbocycles. The van der Waals surface area contributed by atoms with Crippen molar-refractivity contribution in [3.63, 3.8) is 0 Å². The van der Waals surface area contributed by atoms with Crippen molar-refractivity contribution in [3.8, 4) is 0 Å². The molecule has 0 fully saturated rings. The number of rotatable bonds is 7. The van der Waals surface area contributed by atoms with Gasteiger partial charge in [0.1, 0.15) is 0 Å². The first-order valence-corrected chi connectivity index (χ1v) is 9.30. The lowest BCUT2D eigenvalue weighted by Gasteiger charge is -2.29. The van der Waals surface area contributed by atoms with Gasteiger partial charge in [0, 0.05) is 0 Å². The van der Waals surface area contributed by atoms with Gasteiger partial charge in [0.25, 0.3) is 0 Å². The van der Waals surface area contributed by atoms with Crippen LogP contribution in [0.1, 0.15) is 26.7 Å². The molecule has 2 heteroatoms. The van der Waals surface area contributed by atoms with Crippen molar-refractivity contribution in [2.24, 2.45) is 0 Å². The number of allylic oxidation sites excluding steroid dienone is 2. The van der Waals surface area contributed by atoms with Crippen LogP contribution in [0.4, 0.5) is 0 Å². The van der Waals surface area contributed by atoms with Gasteiger partial charge in [-0.05, 0) is 37.4 Å². The van der Waals surface area contributed by atoms with Gasteiger partial charge in [0.05, 0.1) is 4.75 Å². The standard InChI is InChI=1S/C13H26S2/c1-6-8-10-13(14-3,11-9-7-2)12-15(4)5/h8-11,15H,6-7,12H2,1-5H3. The topological polar surface area (TPSA) is 0 Å². The lowest BCUT2D eigenvalue weighted by Crippen LogP contribution is -2.23. The molecule has 0 unspecified atom stereocenters. The average molecular weight is 246 g/mol. The minimum atomic E-state index is 0.149. The van der Waals surface area contributed by atoms with E-state index in [-0.39, 0.29) is 15.6 Å². The second kappa shape index (κ2) is 8.35. The molecule has 0 amide bonds. The van der Waals surface area contributed by atoms with Gasteiger partial charge in [-0.2, -0.15) is 0 Å². The van der Waals surface area contributed by atoms with Crippen LogP contribution in [-0.2, 0) is 0 Å². The van der Waals surface area contributed by atoms with Crippen molar-refractivity contribution in [2.45, 2.75) is 31.4 Å². The number of hydrogen-bond donors (Lipinski definition) is 1. The number of thioether (sulfide) groups is 1. The Bertz CT molecular complexity index is 191. The summed E-state index contributed by atoms with van der Waals surface area (Å²) in [5.41, 5.74) is 0. The van der Waals surface area contributed by atoms with Crippen LogP contribution in [0.25, 0.3) is 0 Å². The summed E-state index contributed by atoms with van der Waals surface area (Å²) >= 11 is 1.97. The van der Waals surface area contributed by atoms with Crippen LogP contribution in [0.5, 0.6) is 0 Å². The average Bonchev–Trinajstić information content (AvgIpc) is 2.22. The molecular weight excluding hydrogens is 220 g/mol. The van der Waals surface area contributed by atoms with Crippen molar-refractivity contribution >= 4 is 22.7 Å². The van der Waals surface area contributed by atoms with E-state index in [9.17, 15) is 0 Å². The lowest BCUT2D eigenvalue weighted by molar-refractivity contribution is 0.997. The molecule has 0 aliphatic heterocycles. The van der Waals surface area contributed by atoms with Crippen LogP contribution in [0.2, 0.25) is 0 Å². The van der Waals surface area contributed by atoms with E-state index in [2.05, 4.69) is 56.9 Å². The lowest BCUT2D eigenvalue weighted by atomic mass is 10.1. The summed E-state index contributed by atoms with van der Waals surface area (Å²) in [6.07, 6.45) is 18.6. The van der Waals surface area contributed by atoms with E-state index in [1.807, 2.05) is 11.8 Å². The van der Waals surface area contributed by atoms with Gasteiger partial charge in [-0.25, -0.2) is 0 Å². The summed E-state index contributed by atoms with van der Waals surface area (Å²) in [7, 11) is 0.149. The summed E-state index contributed by atoms with van der Waals surface area (Å²) in [6, 6.07) is 0. The summed E-state index contributed by atoms with van der Waals surface area (Å²) in [6.45, 7) is 4.40. The Morgan fingerprint density at radius 1 is 1.07 bits per heavy atom. The second-order valence-corrected chi connectivity index (χ2v) is 7.66. The molecule has 0 spiro atoms. The molecule has 0 N–H and O–H groups in total. The van der Waals surface area contributed by atoms with Crippen LogP contribution in [0, 0.1) is 0 Å². The first-order chi connectivity index (χ1) is 7.10. The van der Waals surface area contributed by atoms with Crippen molar-refractivity contribution in [2.75, 3.05) is 24.5 Å². The fourth-order valence-electron chi connectivity index (χ4n) is 1.49. The van der Waals surface area contributed by atoms with Crippen LogP contribution < -0.4 is 0 Å². The Kier molecular flexibility index (Phi) is 8.45. The summed E-state index contributed by atoms with van der Waals surface area (Å²) in [5, 5.41) is 0. The molecule has 0 aliphatic carbocycles. The quantitative estimate of drug-likeness (QED) is 0.517. The number of thiol groups is 1. The van der Waals surface area contributed by atoms with E-state index >= 15 is 0 Å². The maximum absolute atomic E-state index is 2.40. The Hall–Kier alpha value is 0.180. The van der Waals surface area contributed by atoms with Gasteiger partial charge in [0.15, 0.2) is 0 Å². The van der Waals surface area contributed by atoms with Crippen LogP contribution in [-0.4, -0.2) is 29.3 Å². The molecular formula is C13H26S2. The molecule has 0 rings (SSSR count). The van der Waals surface area contributed by atoms with E-state index in [4.69, 9.17) is 0 Å². The minimum absolute atomic E-state index is 0.149. The van der Waals surface area contributed by atoms with Crippen molar-refractivity contribution < 1.29 is 0 Å². The maximum atomic E-state index is 2.40. The zero-order valence-corrected chi connectivity index (χ0v) is 12.5. The fourth-order valence-corrected chi connectivity index (χ4v) is 4.45. The zero-order valence-electron chi connectivity index (χ0n) is 10.8. The Morgan fingerprint density at radius 2 is 1.53 bits per heavy atom. The second-order valence-electron chi connectivity index (χ2n) is 4.02. The molecule has 0 radical (unpaired) electrons. The summed E-state index contributed by atoms with van der Waals surface area (Å²) < 4.78 is 0.251. The fraction of sp³-hybridized carbons (Fsp3) is 0.692. The predicted molar refractivity (Wildman–Crippen MR) is 80.8 cm³/mol. The van der Waals surface area contributed by atoms with Crippen LogP contribution >= 0.6 is 22.7 Å². The van der Waals surface area contributed by atoms with Gasteiger partial charge in [0.2, 0.25) is 0 Å². The van der Waals surface area contributed by atoms with E-state index in [1.54, 1.807) is 0 Å². The first-order valence-electron chi connectivity index (χ1n) is 5.65. The highest BCUT2D eigenvalue weighted by Gasteiger charge is 2.22. The molecule has 0 bridgehead atoms. The third kappa shape index (κ3) is 6.36. The van der Waals surface area contributed by atoms with Gasteiger partial charge in [-0.1, -0.05) is 38.2 Å². The zero-order chi connectivity index (χ0) is 11.7. The molecule has 0 nitrogen and oxygen atoms in total. The van der Waals surface area contributed by atoms with Crippen molar-refractivity contribution in [1.82, 2.24) is 0 Å². The predicted octanol–water partition coefficient (Wildman–Crippen LogP) is 4.28. The first kappa shape index (κ1) is 15.2. The van der Waals surface area contributed by atoms with Crippen LogP contribution in [0.15, 0.2) is 24.3 Å². The van der Waals surface area contributed by atoms with Crippen LogP contribution in [0.3, 0.4) is 0 Å². The molecule has 15 heavy (non-hydrogen) atoms. The highest BCUT2D eigenvalue weighted by Crippen LogP contribution is 2.34. The van der Waals surface area contributed by atoms with Crippen molar-refractivity contribution in [1.29, 1.82) is 0 Å².